The summed E-state index contributed by atoms with van der Waals surface area (Å²) in [7, 11) is 3.43. The third kappa shape index (κ3) is 7.07. The van der Waals surface area contributed by atoms with Crippen LogP contribution < -0.4 is 10.1 Å². The minimum atomic E-state index is -1.31. The number of aliphatic hydroxyl groups is 1. The van der Waals surface area contributed by atoms with Gasteiger partial charge in [-0.3, -0.25) is 9.69 Å². The summed E-state index contributed by atoms with van der Waals surface area (Å²) < 4.78 is 20.2. The number of hydrogen-bond acceptors (Lipinski definition) is 7. The Balaban J connectivity index is 1.31. The fraction of sp³-hybridized carbons (Fsp3) is 0.600. The van der Waals surface area contributed by atoms with Gasteiger partial charge in [0.2, 0.25) is 0 Å². The molecule has 214 valence electrons. The molecule has 2 atom stereocenters. The van der Waals surface area contributed by atoms with Crippen LogP contribution in [-0.2, 0) is 23.2 Å². The Kier molecular flexibility index (Phi) is 9.46. The molecule has 3 N–H and O–H groups in total. The van der Waals surface area contributed by atoms with Gasteiger partial charge in [-0.15, -0.1) is 0 Å². The molecular weight excluding hydrogens is 499 g/mol. The number of fused-ring (bicyclic) bond motifs is 1. The van der Waals surface area contributed by atoms with Crippen molar-refractivity contribution in [3.63, 3.8) is 0 Å². The first-order valence-electron chi connectivity index (χ1n) is 14.1. The van der Waals surface area contributed by atoms with Crippen LogP contribution in [-0.4, -0.2) is 77.3 Å². The van der Waals surface area contributed by atoms with Gasteiger partial charge >= 0.3 is 5.97 Å². The summed E-state index contributed by atoms with van der Waals surface area (Å²) in [6, 6.07) is 6.29. The number of methoxy groups -OCH3 is 1. The molecule has 2 aliphatic rings. The number of pyridine rings is 1. The highest BCUT2D eigenvalue weighted by Gasteiger charge is 2.38. The van der Waals surface area contributed by atoms with E-state index in [-0.39, 0.29) is 17.4 Å². The number of aryl methyl sites for hydroxylation is 2. The van der Waals surface area contributed by atoms with Crippen molar-refractivity contribution in [3.05, 3.63) is 52.5 Å². The molecule has 3 heterocycles. The average Bonchev–Trinajstić information content (AvgIpc) is 3.37. The van der Waals surface area contributed by atoms with Gasteiger partial charge in [0, 0.05) is 36.9 Å². The van der Waals surface area contributed by atoms with Crippen LogP contribution >= 0.6 is 0 Å². The highest BCUT2D eigenvalue weighted by Crippen LogP contribution is 2.37. The van der Waals surface area contributed by atoms with E-state index in [0.717, 1.165) is 63.1 Å². The lowest BCUT2D eigenvalue weighted by atomic mass is 9.93. The smallest absolute Gasteiger partial charge is 0.325 e. The van der Waals surface area contributed by atoms with E-state index in [4.69, 9.17) is 9.72 Å². The van der Waals surface area contributed by atoms with Crippen LogP contribution in [0.4, 0.5) is 10.2 Å². The molecule has 8 nitrogen and oxygen atoms in total. The fourth-order valence-electron chi connectivity index (χ4n) is 5.77. The van der Waals surface area contributed by atoms with E-state index < -0.39 is 23.4 Å². The fourth-order valence-corrected chi connectivity index (χ4v) is 5.77. The number of unbranched alkanes of at least 4 members (excludes halogenated alkanes) is 2. The summed E-state index contributed by atoms with van der Waals surface area (Å²) in [6.07, 6.45) is 7.32. The Morgan fingerprint density at radius 1 is 1.31 bits per heavy atom. The number of rotatable bonds is 12. The number of nitrogens with one attached hydrogen (secondary N) is 1. The number of carbonyl (C=O) groups is 1. The van der Waals surface area contributed by atoms with E-state index in [1.807, 2.05) is 4.90 Å². The van der Waals surface area contributed by atoms with Crippen LogP contribution in [0.15, 0.2) is 24.3 Å². The summed E-state index contributed by atoms with van der Waals surface area (Å²) >= 11 is 0. The Labute approximate surface area is 231 Å². The van der Waals surface area contributed by atoms with E-state index in [1.54, 1.807) is 19.9 Å². The summed E-state index contributed by atoms with van der Waals surface area (Å²) in [6.45, 7) is 6.18. The third-order valence-electron chi connectivity index (χ3n) is 8.09. The van der Waals surface area contributed by atoms with Crippen molar-refractivity contribution >= 4 is 11.8 Å². The number of nitrogens with zero attached hydrogens (tertiary/aromatic N) is 3. The van der Waals surface area contributed by atoms with Crippen LogP contribution in [0.5, 0.6) is 5.75 Å². The van der Waals surface area contributed by atoms with E-state index in [9.17, 15) is 19.4 Å². The van der Waals surface area contributed by atoms with Crippen LogP contribution in [0.1, 0.15) is 74.4 Å². The number of halogens is 1. The predicted octanol–water partition coefficient (Wildman–Crippen LogP) is 4.36. The predicted molar refractivity (Wildman–Crippen MR) is 150 cm³/mol. The first kappa shape index (κ1) is 29.2. The molecule has 1 aromatic heterocycles. The molecule has 1 saturated heterocycles. The van der Waals surface area contributed by atoms with Gasteiger partial charge in [-0.25, -0.2) is 9.37 Å². The zero-order valence-corrected chi connectivity index (χ0v) is 23.7. The van der Waals surface area contributed by atoms with Crippen molar-refractivity contribution in [2.75, 3.05) is 45.7 Å². The zero-order valence-electron chi connectivity index (χ0n) is 23.7. The number of likely N-dealkylation sites (N-methyl/N-ethyl adjacent to an activating group) is 1. The minimum absolute atomic E-state index is 0.0867. The van der Waals surface area contributed by atoms with Gasteiger partial charge in [-0.05, 0) is 95.3 Å². The molecule has 0 amide bonds. The number of benzene rings is 1. The molecule has 0 bridgehead atoms. The van der Waals surface area contributed by atoms with Crippen LogP contribution in [0.25, 0.3) is 0 Å². The Morgan fingerprint density at radius 2 is 2.10 bits per heavy atom. The van der Waals surface area contributed by atoms with Gasteiger partial charge in [0.05, 0.1) is 12.7 Å². The molecule has 0 radical (unpaired) electrons. The molecule has 0 saturated carbocycles. The molecular formula is C30H43FN4O4. The quantitative estimate of drug-likeness (QED) is 0.341. The summed E-state index contributed by atoms with van der Waals surface area (Å²) in [5, 5.41) is 24.0. The number of anilines is 1. The summed E-state index contributed by atoms with van der Waals surface area (Å²) in [5.74, 6) is -0.768. The van der Waals surface area contributed by atoms with Crippen LogP contribution in [0.2, 0.25) is 0 Å². The minimum Gasteiger partial charge on any atom is -0.493 e. The summed E-state index contributed by atoms with van der Waals surface area (Å²) in [5.41, 5.74) is 1.69. The average molecular weight is 543 g/mol. The summed E-state index contributed by atoms with van der Waals surface area (Å²) in [4.78, 5) is 21.4. The molecule has 1 fully saturated rings. The normalized spacial score (nSPS) is 18.6. The Hall–Kier alpha value is -2.75. The lowest BCUT2D eigenvalue weighted by Crippen LogP contribution is -2.38. The van der Waals surface area contributed by atoms with Gasteiger partial charge in [0.1, 0.15) is 11.9 Å². The van der Waals surface area contributed by atoms with E-state index in [0.29, 0.717) is 18.7 Å². The molecule has 39 heavy (non-hydrogen) atoms. The van der Waals surface area contributed by atoms with Crippen molar-refractivity contribution in [1.29, 1.82) is 0 Å². The van der Waals surface area contributed by atoms with Gasteiger partial charge in [-0.1, -0.05) is 12.5 Å². The number of hydrogen-bond donors (Lipinski definition) is 3. The number of likely N-dealkylation sites (tertiary alicyclic amines) is 1. The molecule has 2 aliphatic heterocycles. The van der Waals surface area contributed by atoms with E-state index in [1.165, 1.54) is 25.2 Å². The first-order valence-corrected chi connectivity index (χ1v) is 14.1. The van der Waals surface area contributed by atoms with Gasteiger partial charge in [0.15, 0.2) is 11.6 Å². The standard InChI is InChI=1S/C30H43FN4O4/c1-30(2,38)21-17-24(27(39-4)25(31)18-21)26(29(36)37)35-16-13-23(19-35)34(3)15-7-5-6-10-22-12-11-20-9-8-14-32-28(20)33-22/h11-12,17-18,23,26,38H,5-10,13-16,19H2,1-4H3,(H,32,33)(H,36,37)/t23-,26-/m1/s1. The maximum absolute atomic E-state index is 14.9. The van der Waals surface area contributed by atoms with Crippen molar-refractivity contribution < 1.29 is 24.1 Å². The Bertz CT molecular complexity index is 1150. The second kappa shape index (κ2) is 12.6. The monoisotopic (exact) mass is 542 g/mol. The van der Waals surface area contributed by atoms with Crippen molar-refractivity contribution in [2.45, 2.75) is 76.5 Å². The molecule has 0 aliphatic carbocycles. The number of aliphatic carboxylic acids is 1. The second-order valence-corrected chi connectivity index (χ2v) is 11.4. The van der Waals surface area contributed by atoms with Gasteiger partial charge in [0.25, 0.3) is 0 Å². The lowest BCUT2D eigenvalue weighted by Gasteiger charge is -2.29. The Morgan fingerprint density at radius 3 is 2.82 bits per heavy atom. The molecule has 0 unspecified atom stereocenters. The molecule has 4 rings (SSSR count). The van der Waals surface area contributed by atoms with E-state index in [2.05, 4.69) is 29.4 Å². The van der Waals surface area contributed by atoms with Crippen LogP contribution in [0.3, 0.4) is 0 Å². The molecule has 2 aromatic rings. The number of carboxylic acid groups (broad SMARTS) is 1. The topological polar surface area (TPSA) is 98.2 Å². The highest BCUT2D eigenvalue weighted by molar-refractivity contribution is 5.77. The number of carboxylic acids is 1. The third-order valence-corrected chi connectivity index (χ3v) is 8.09. The highest BCUT2D eigenvalue weighted by atomic mass is 19.1. The van der Waals surface area contributed by atoms with Gasteiger partial charge in [-0.2, -0.15) is 0 Å². The van der Waals surface area contributed by atoms with Crippen molar-refractivity contribution in [3.8, 4) is 5.75 Å². The maximum atomic E-state index is 14.9. The zero-order chi connectivity index (χ0) is 28.2. The number of ether oxygens (including phenoxy) is 1. The number of aromatic nitrogens is 1. The van der Waals surface area contributed by atoms with Crippen molar-refractivity contribution in [2.24, 2.45) is 0 Å². The molecule has 0 spiro atoms. The van der Waals surface area contributed by atoms with Gasteiger partial charge < -0.3 is 25.2 Å². The first-order chi connectivity index (χ1) is 18.6. The van der Waals surface area contributed by atoms with E-state index >= 15 is 0 Å². The second-order valence-electron chi connectivity index (χ2n) is 11.4. The largest absolute Gasteiger partial charge is 0.493 e. The van der Waals surface area contributed by atoms with Crippen LogP contribution in [0, 0.1) is 5.82 Å². The molecule has 1 aromatic carbocycles. The lowest BCUT2D eigenvalue weighted by molar-refractivity contribution is -0.143. The maximum Gasteiger partial charge on any atom is 0.325 e. The SMILES string of the molecule is COc1c(F)cc(C(C)(C)O)cc1[C@H](C(=O)O)N1CC[C@@H](N(C)CCCCCc2ccc3c(n2)NCCC3)C1. The molecule has 9 heteroatoms. The van der Waals surface area contributed by atoms with Crippen molar-refractivity contribution in [1.82, 2.24) is 14.8 Å².